The van der Waals surface area contributed by atoms with Crippen LogP contribution in [-0.4, -0.2) is 25.9 Å². The highest BCUT2D eigenvalue weighted by atomic mass is 79.9. The van der Waals surface area contributed by atoms with Crippen LogP contribution in [0.3, 0.4) is 0 Å². The molecular weight excluding hydrogens is 386 g/mol. The van der Waals surface area contributed by atoms with Crippen LogP contribution < -0.4 is 0 Å². The van der Waals surface area contributed by atoms with Gasteiger partial charge in [-0.1, -0.05) is 69.1 Å². The predicted octanol–water partition coefficient (Wildman–Crippen LogP) is 3.64. The summed E-state index contributed by atoms with van der Waals surface area (Å²) in [5.41, 5.74) is 1.09. The van der Waals surface area contributed by atoms with Crippen LogP contribution in [0.4, 0.5) is 0 Å². The molecule has 0 spiro atoms. The van der Waals surface area contributed by atoms with E-state index in [0.717, 1.165) is 12.0 Å². The van der Waals surface area contributed by atoms with Gasteiger partial charge in [-0.05, 0) is 12.0 Å². The van der Waals surface area contributed by atoms with Crippen molar-refractivity contribution in [2.75, 3.05) is 0 Å². The number of benzene rings is 1. The van der Waals surface area contributed by atoms with E-state index in [1.807, 2.05) is 42.2 Å². The summed E-state index contributed by atoms with van der Waals surface area (Å²) >= 11 is 6.84. The van der Waals surface area contributed by atoms with Gasteiger partial charge in [-0.2, -0.15) is 0 Å². The van der Waals surface area contributed by atoms with E-state index in [1.165, 1.54) is 0 Å². The minimum absolute atomic E-state index is 0.0490. The molecule has 0 bridgehead atoms. The largest absolute Gasteiger partial charge is 0.335 e. The summed E-state index contributed by atoms with van der Waals surface area (Å²) in [6, 6.07) is 9.93. The van der Waals surface area contributed by atoms with E-state index in [0.29, 0.717) is 13.0 Å². The molecule has 1 aromatic rings. The smallest absolute Gasteiger partial charge is 0.230 e. The van der Waals surface area contributed by atoms with Gasteiger partial charge in [0.1, 0.15) is 3.23 Å². The van der Waals surface area contributed by atoms with Gasteiger partial charge in [-0.25, -0.2) is 0 Å². The van der Waals surface area contributed by atoms with Crippen LogP contribution in [0.15, 0.2) is 30.3 Å². The van der Waals surface area contributed by atoms with E-state index < -0.39 is 3.23 Å². The lowest BCUT2D eigenvalue weighted by molar-refractivity contribution is -0.136. The first kappa shape index (κ1) is 15.7. The number of Topliss-reactive ketones (excluding diaryl/α,β-unsaturated/α-hetero) is 1. The number of alkyl halides is 2. The molecule has 0 aliphatic carbocycles. The highest BCUT2D eigenvalue weighted by Gasteiger charge is 2.42. The number of rotatable bonds is 3. The molecule has 1 aliphatic rings. The van der Waals surface area contributed by atoms with E-state index in [4.69, 9.17) is 0 Å². The molecule has 5 heteroatoms. The lowest BCUT2D eigenvalue weighted by Gasteiger charge is -2.31. The van der Waals surface area contributed by atoms with Gasteiger partial charge in [0, 0.05) is 19.0 Å². The van der Waals surface area contributed by atoms with Crippen molar-refractivity contribution >= 4 is 43.6 Å². The van der Waals surface area contributed by atoms with Gasteiger partial charge in [0.25, 0.3) is 0 Å². The molecule has 2 rings (SSSR count). The first-order valence-corrected chi connectivity index (χ1v) is 8.27. The number of nitrogens with zero attached hydrogens (tertiary/aromatic N) is 1. The standard InChI is InChI=1S/C15H17Br2NO2/c1-2-12-9-15(16,17)13(19)8-14(20)18(12)10-11-6-4-3-5-7-11/h3-7,12H,2,8-10H2,1H3/t12-/m0/s1. The molecule has 3 nitrogen and oxygen atoms in total. The van der Waals surface area contributed by atoms with Crippen LogP contribution in [0.25, 0.3) is 0 Å². The number of hydrogen-bond acceptors (Lipinski definition) is 2. The molecule has 1 atom stereocenters. The average Bonchev–Trinajstić information content (AvgIpc) is 2.50. The van der Waals surface area contributed by atoms with Gasteiger partial charge in [-0.3, -0.25) is 9.59 Å². The van der Waals surface area contributed by atoms with Gasteiger partial charge in [0.05, 0.1) is 6.42 Å². The quantitative estimate of drug-likeness (QED) is 0.571. The normalized spacial score (nSPS) is 22.8. The zero-order chi connectivity index (χ0) is 14.8. The molecule has 1 aliphatic heterocycles. The summed E-state index contributed by atoms with van der Waals surface area (Å²) < 4.78 is -0.776. The second-order valence-electron chi connectivity index (χ2n) is 5.08. The molecule has 1 aromatic carbocycles. The van der Waals surface area contributed by atoms with Crippen LogP contribution in [0.5, 0.6) is 0 Å². The Bertz CT molecular complexity index is 502. The fraction of sp³-hybridized carbons (Fsp3) is 0.467. The summed E-state index contributed by atoms with van der Waals surface area (Å²) in [7, 11) is 0. The molecule has 1 amide bonds. The Labute approximate surface area is 136 Å². The Morgan fingerprint density at radius 1 is 1.25 bits per heavy atom. The van der Waals surface area contributed by atoms with E-state index in [9.17, 15) is 9.59 Å². The van der Waals surface area contributed by atoms with Crippen molar-refractivity contribution in [3.05, 3.63) is 35.9 Å². The number of ketones is 1. The zero-order valence-electron chi connectivity index (χ0n) is 11.3. The van der Waals surface area contributed by atoms with Gasteiger partial charge in [0.2, 0.25) is 5.91 Å². The van der Waals surface area contributed by atoms with Gasteiger partial charge < -0.3 is 4.90 Å². The zero-order valence-corrected chi connectivity index (χ0v) is 14.5. The predicted molar refractivity (Wildman–Crippen MR) is 85.9 cm³/mol. The van der Waals surface area contributed by atoms with Crippen LogP contribution in [-0.2, 0) is 16.1 Å². The fourth-order valence-corrected chi connectivity index (χ4v) is 3.48. The molecule has 1 saturated heterocycles. The lowest BCUT2D eigenvalue weighted by Crippen LogP contribution is -2.39. The monoisotopic (exact) mass is 401 g/mol. The molecule has 0 N–H and O–H groups in total. The van der Waals surface area contributed by atoms with Crippen molar-refractivity contribution in [1.82, 2.24) is 4.90 Å². The first-order chi connectivity index (χ1) is 9.44. The van der Waals surface area contributed by atoms with Crippen molar-refractivity contribution < 1.29 is 9.59 Å². The SMILES string of the molecule is CC[C@H]1CC(Br)(Br)C(=O)CC(=O)N1Cc1ccccc1. The van der Waals surface area contributed by atoms with E-state index in [2.05, 4.69) is 31.9 Å². The second-order valence-corrected chi connectivity index (χ2v) is 8.85. The van der Waals surface area contributed by atoms with Crippen molar-refractivity contribution in [3.63, 3.8) is 0 Å². The topological polar surface area (TPSA) is 37.4 Å². The Balaban J connectivity index is 2.25. The summed E-state index contributed by atoms with van der Waals surface area (Å²) in [4.78, 5) is 26.2. The van der Waals surface area contributed by atoms with Crippen molar-refractivity contribution in [1.29, 1.82) is 0 Å². The third-order valence-electron chi connectivity index (χ3n) is 3.64. The Hall–Kier alpha value is -0.680. The van der Waals surface area contributed by atoms with Crippen LogP contribution >= 0.6 is 31.9 Å². The molecule has 0 saturated carbocycles. The maximum Gasteiger partial charge on any atom is 0.230 e. The molecule has 1 fully saturated rings. The molecule has 0 radical (unpaired) electrons. The number of carbonyl (C=O) groups excluding carboxylic acids is 2. The Morgan fingerprint density at radius 2 is 1.90 bits per heavy atom. The lowest BCUT2D eigenvalue weighted by atomic mass is 10.1. The molecule has 108 valence electrons. The highest BCUT2D eigenvalue weighted by Crippen LogP contribution is 2.38. The molecular formula is C15H17Br2NO2. The van der Waals surface area contributed by atoms with Gasteiger partial charge in [-0.15, -0.1) is 0 Å². The summed E-state index contributed by atoms with van der Waals surface area (Å²) in [5, 5.41) is 0. The first-order valence-electron chi connectivity index (χ1n) is 6.68. The third kappa shape index (κ3) is 3.50. The Kier molecular flexibility index (Phi) is 5.02. The van der Waals surface area contributed by atoms with Crippen molar-refractivity contribution in [2.24, 2.45) is 0 Å². The number of halogens is 2. The highest BCUT2D eigenvalue weighted by molar-refractivity contribution is 9.25. The fourth-order valence-electron chi connectivity index (χ4n) is 2.45. The molecule has 0 aromatic heterocycles. The molecule has 20 heavy (non-hydrogen) atoms. The minimum atomic E-state index is -0.776. The van der Waals surface area contributed by atoms with Crippen molar-refractivity contribution in [2.45, 2.75) is 42.0 Å². The summed E-state index contributed by atoms with van der Waals surface area (Å²) in [6.45, 7) is 2.60. The van der Waals surface area contributed by atoms with Crippen molar-refractivity contribution in [3.8, 4) is 0 Å². The number of carbonyl (C=O) groups is 2. The summed E-state index contributed by atoms with van der Waals surface area (Å²) in [6.07, 6.45) is 1.35. The second kappa shape index (κ2) is 6.39. The van der Waals surface area contributed by atoms with Gasteiger partial charge >= 0.3 is 0 Å². The molecule has 1 heterocycles. The Morgan fingerprint density at radius 3 is 2.50 bits per heavy atom. The number of likely N-dealkylation sites (tertiary alicyclic amines) is 1. The number of amides is 1. The number of hydrogen-bond donors (Lipinski definition) is 0. The average molecular weight is 403 g/mol. The van der Waals surface area contributed by atoms with Gasteiger partial charge in [0.15, 0.2) is 5.78 Å². The minimum Gasteiger partial charge on any atom is -0.335 e. The van der Waals surface area contributed by atoms with Crippen LogP contribution in [0.1, 0.15) is 31.7 Å². The maximum atomic E-state index is 12.3. The van der Waals surface area contributed by atoms with E-state index in [1.54, 1.807) is 0 Å². The molecule has 0 unspecified atom stereocenters. The third-order valence-corrected chi connectivity index (χ3v) is 5.17. The summed E-state index contributed by atoms with van der Waals surface area (Å²) in [5.74, 6) is -0.192. The van der Waals surface area contributed by atoms with E-state index in [-0.39, 0.29) is 24.2 Å². The van der Waals surface area contributed by atoms with Crippen LogP contribution in [0.2, 0.25) is 0 Å². The van der Waals surface area contributed by atoms with Crippen LogP contribution in [0, 0.1) is 0 Å². The van der Waals surface area contributed by atoms with E-state index >= 15 is 0 Å². The maximum absolute atomic E-state index is 12.3.